The Morgan fingerprint density at radius 3 is 2.63 bits per heavy atom. The number of fused-ring (bicyclic) bond motifs is 3. The molecular formula is C39H41N9O3. The van der Waals surface area contributed by atoms with Gasteiger partial charge >= 0.3 is 0 Å². The second-order valence-electron chi connectivity index (χ2n) is 13.7. The van der Waals surface area contributed by atoms with Crippen LogP contribution in [-0.2, 0) is 16.0 Å². The van der Waals surface area contributed by atoms with Crippen molar-refractivity contribution < 1.29 is 14.7 Å². The third kappa shape index (κ3) is 6.43. The van der Waals surface area contributed by atoms with Crippen molar-refractivity contribution >= 4 is 39.6 Å². The SMILES string of the molecule is Nc1nnc(-c2ccccc2O)cc1-c1cnn(C2CCN(CCCCCc3cccc4c3c3cccnc3n4C3CCC(=O)NC3=O)CC2)c1. The summed E-state index contributed by atoms with van der Waals surface area (Å²) >= 11 is 0. The summed E-state index contributed by atoms with van der Waals surface area (Å²) in [5.41, 5.74) is 12.1. The number of phenols is 1. The van der Waals surface area contributed by atoms with Crippen molar-refractivity contribution in [3.63, 3.8) is 0 Å². The molecule has 2 aliphatic heterocycles. The number of hydrogen-bond donors (Lipinski definition) is 3. The summed E-state index contributed by atoms with van der Waals surface area (Å²) in [7, 11) is 0. The second-order valence-corrected chi connectivity index (χ2v) is 13.7. The lowest BCUT2D eigenvalue weighted by molar-refractivity contribution is -0.135. The summed E-state index contributed by atoms with van der Waals surface area (Å²) in [6, 6.07) is 19.2. The van der Waals surface area contributed by atoms with E-state index in [0.717, 1.165) is 91.2 Å². The van der Waals surface area contributed by atoms with Crippen molar-refractivity contribution in [2.45, 2.75) is 63.5 Å². The highest BCUT2D eigenvalue weighted by atomic mass is 16.3. The molecule has 12 heteroatoms. The van der Waals surface area contributed by atoms with Gasteiger partial charge in [-0.1, -0.05) is 30.7 Å². The molecule has 0 aliphatic carbocycles. The Labute approximate surface area is 295 Å². The van der Waals surface area contributed by atoms with E-state index >= 15 is 0 Å². The molecule has 2 aromatic carbocycles. The number of hydrogen-bond acceptors (Lipinski definition) is 9. The van der Waals surface area contributed by atoms with Crippen LogP contribution < -0.4 is 11.1 Å². The van der Waals surface area contributed by atoms with Gasteiger partial charge in [-0.25, -0.2) is 4.98 Å². The van der Waals surface area contributed by atoms with E-state index in [9.17, 15) is 14.7 Å². The molecular weight excluding hydrogens is 642 g/mol. The number of aryl methyl sites for hydroxylation is 1. The van der Waals surface area contributed by atoms with E-state index in [1.165, 1.54) is 5.56 Å². The van der Waals surface area contributed by atoms with E-state index in [2.05, 4.69) is 54.3 Å². The number of carbonyl (C=O) groups excluding carboxylic acids is 2. The largest absolute Gasteiger partial charge is 0.507 e. The number of nitrogens with zero attached hydrogens (tertiary/aromatic N) is 7. The molecule has 260 valence electrons. The number of para-hydroxylation sites is 1. The van der Waals surface area contributed by atoms with Gasteiger partial charge < -0.3 is 20.3 Å². The molecule has 12 nitrogen and oxygen atoms in total. The van der Waals surface area contributed by atoms with Gasteiger partial charge in [-0.2, -0.15) is 5.10 Å². The van der Waals surface area contributed by atoms with Crippen molar-refractivity contribution in [3.8, 4) is 28.1 Å². The Kier molecular flexibility index (Phi) is 8.91. The second kappa shape index (κ2) is 13.9. The van der Waals surface area contributed by atoms with E-state index in [1.54, 1.807) is 18.3 Å². The molecule has 0 bridgehead atoms. The number of phenolic OH excluding ortho intramolecular Hbond substituents is 1. The number of aromatic nitrogens is 6. The van der Waals surface area contributed by atoms with Gasteiger partial charge in [-0.3, -0.25) is 19.6 Å². The number of rotatable bonds is 10. The maximum Gasteiger partial charge on any atom is 0.249 e. The quantitative estimate of drug-likeness (QED) is 0.119. The summed E-state index contributed by atoms with van der Waals surface area (Å²) < 4.78 is 4.09. The fraction of sp³-hybridized carbons (Fsp3) is 0.333. The first kappa shape index (κ1) is 32.6. The van der Waals surface area contributed by atoms with Crippen molar-refractivity contribution in [2.24, 2.45) is 0 Å². The summed E-state index contributed by atoms with van der Waals surface area (Å²) in [5, 5.41) is 28.1. The number of unbranched alkanes of at least 4 members (excludes halogenated alkanes) is 2. The minimum absolute atomic E-state index is 0.147. The molecule has 51 heavy (non-hydrogen) atoms. The lowest BCUT2D eigenvalue weighted by atomic mass is 10.0. The minimum atomic E-state index is -0.450. The average molecular weight is 684 g/mol. The van der Waals surface area contributed by atoms with E-state index in [-0.39, 0.29) is 17.6 Å². The number of nitrogens with one attached hydrogen (secondary N) is 1. The zero-order chi connectivity index (χ0) is 34.9. The van der Waals surface area contributed by atoms with Crippen molar-refractivity contribution in [3.05, 3.63) is 84.8 Å². The molecule has 4 aromatic heterocycles. The zero-order valence-corrected chi connectivity index (χ0v) is 28.4. The Hall–Kier alpha value is -5.62. The molecule has 1 unspecified atom stereocenters. The predicted molar refractivity (Wildman–Crippen MR) is 196 cm³/mol. The van der Waals surface area contributed by atoms with Crippen LogP contribution in [-0.4, -0.2) is 71.0 Å². The molecule has 2 saturated heterocycles. The normalized spacial score (nSPS) is 17.4. The Balaban J connectivity index is 0.857. The van der Waals surface area contributed by atoms with Crippen LogP contribution in [0.4, 0.5) is 5.82 Å². The van der Waals surface area contributed by atoms with Crippen LogP contribution >= 0.6 is 0 Å². The zero-order valence-electron chi connectivity index (χ0n) is 28.4. The molecule has 1 atom stereocenters. The number of imide groups is 1. The van der Waals surface area contributed by atoms with Gasteiger partial charge in [-0.05, 0) is 87.0 Å². The van der Waals surface area contributed by atoms with Crippen LogP contribution in [0.5, 0.6) is 5.75 Å². The molecule has 2 aliphatic rings. The molecule has 0 radical (unpaired) electrons. The highest BCUT2D eigenvalue weighted by molar-refractivity contribution is 6.10. The van der Waals surface area contributed by atoms with Gasteiger partial charge in [-0.15, -0.1) is 10.2 Å². The lowest BCUT2D eigenvalue weighted by Crippen LogP contribution is -2.41. The molecule has 2 fully saturated rings. The Morgan fingerprint density at radius 2 is 1.78 bits per heavy atom. The molecule has 4 N–H and O–H groups in total. The van der Waals surface area contributed by atoms with Crippen LogP contribution in [0.15, 0.2) is 79.3 Å². The van der Waals surface area contributed by atoms with Crippen LogP contribution in [0.2, 0.25) is 0 Å². The fourth-order valence-corrected chi connectivity index (χ4v) is 7.81. The first-order chi connectivity index (χ1) is 24.9. The highest BCUT2D eigenvalue weighted by Gasteiger charge is 2.31. The number of anilines is 1. The van der Waals surface area contributed by atoms with E-state index in [4.69, 9.17) is 10.8 Å². The van der Waals surface area contributed by atoms with Crippen LogP contribution in [0.3, 0.4) is 0 Å². The summed E-state index contributed by atoms with van der Waals surface area (Å²) in [6.45, 7) is 3.14. The number of amides is 2. The summed E-state index contributed by atoms with van der Waals surface area (Å²) in [5.74, 6) is 0.00556. The minimum Gasteiger partial charge on any atom is -0.507 e. The topological polar surface area (TPSA) is 157 Å². The number of nitrogens with two attached hydrogens (primary N) is 1. The molecule has 6 aromatic rings. The van der Waals surface area contributed by atoms with Gasteiger partial charge in [0.25, 0.3) is 0 Å². The van der Waals surface area contributed by atoms with Gasteiger partial charge in [0.05, 0.1) is 23.4 Å². The number of pyridine rings is 1. The summed E-state index contributed by atoms with van der Waals surface area (Å²) in [4.78, 5) is 31.9. The lowest BCUT2D eigenvalue weighted by Gasteiger charge is -2.32. The molecule has 0 spiro atoms. The number of carbonyl (C=O) groups is 2. The number of aromatic hydroxyl groups is 1. The smallest absolute Gasteiger partial charge is 0.249 e. The summed E-state index contributed by atoms with van der Waals surface area (Å²) in [6.07, 6.45) is 12.8. The van der Waals surface area contributed by atoms with Gasteiger partial charge in [0.2, 0.25) is 11.8 Å². The van der Waals surface area contributed by atoms with Gasteiger partial charge in [0, 0.05) is 59.4 Å². The Bertz CT molecular complexity index is 2230. The molecule has 8 rings (SSSR count). The first-order valence-corrected chi connectivity index (χ1v) is 17.8. The van der Waals surface area contributed by atoms with Gasteiger partial charge in [0.15, 0.2) is 5.82 Å². The molecule has 6 heterocycles. The van der Waals surface area contributed by atoms with E-state index < -0.39 is 6.04 Å². The average Bonchev–Trinajstić information content (AvgIpc) is 3.77. The maximum absolute atomic E-state index is 12.9. The number of piperidine rings is 2. The predicted octanol–water partition coefficient (Wildman–Crippen LogP) is 5.83. The monoisotopic (exact) mass is 683 g/mol. The van der Waals surface area contributed by atoms with Crippen molar-refractivity contribution in [2.75, 3.05) is 25.4 Å². The van der Waals surface area contributed by atoms with Crippen molar-refractivity contribution in [1.29, 1.82) is 0 Å². The number of benzene rings is 2. The number of likely N-dealkylation sites (tertiary alicyclic amines) is 1. The molecule has 0 saturated carbocycles. The van der Waals surface area contributed by atoms with Crippen LogP contribution in [0, 0.1) is 0 Å². The number of nitrogen functional groups attached to an aromatic ring is 1. The standard InChI is InChI=1S/C39H41N9O3/c40-37-30(22-31(44-45-37)28-10-3-4-13-34(28)49)26-23-42-47(24-26)27-16-20-46(21-17-27)19-5-1-2-8-25-9-6-12-32-36(25)29-11-7-18-41-38(29)48(32)33-14-15-35(50)43-39(33)51/h3-4,6-7,9-13,18,22-24,27,33,49H,1-2,5,8,14-17,19-21H2,(H2,40,45)(H,43,50,51). The van der Waals surface area contributed by atoms with Crippen LogP contribution in [0.25, 0.3) is 44.3 Å². The van der Waals surface area contributed by atoms with E-state index in [0.29, 0.717) is 36.0 Å². The Morgan fingerprint density at radius 1 is 0.922 bits per heavy atom. The highest BCUT2D eigenvalue weighted by Crippen LogP contribution is 2.36. The van der Waals surface area contributed by atoms with Crippen molar-refractivity contribution in [1.82, 2.24) is 39.7 Å². The third-order valence-corrected chi connectivity index (χ3v) is 10.5. The molecule has 2 amide bonds. The first-order valence-electron chi connectivity index (χ1n) is 17.8. The van der Waals surface area contributed by atoms with Crippen LogP contribution in [0.1, 0.15) is 62.6 Å². The maximum atomic E-state index is 12.9. The third-order valence-electron chi connectivity index (χ3n) is 10.5. The van der Waals surface area contributed by atoms with Gasteiger partial charge in [0.1, 0.15) is 17.4 Å². The van der Waals surface area contributed by atoms with E-state index in [1.807, 2.05) is 41.2 Å². The fourth-order valence-electron chi connectivity index (χ4n) is 7.81.